The molecule has 2 aromatic heterocycles. The van der Waals surface area contributed by atoms with Crippen LogP contribution < -0.4 is 14.2 Å². The molecule has 0 aliphatic carbocycles. The van der Waals surface area contributed by atoms with Crippen LogP contribution in [0.1, 0.15) is 6.42 Å². The van der Waals surface area contributed by atoms with Gasteiger partial charge in [-0.05, 0) is 30.7 Å². The molecular weight excluding hydrogens is 406 g/mol. The number of fused-ring (bicyclic) bond motifs is 1. The molecule has 0 saturated carbocycles. The highest BCUT2D eigenvalue weighted by Crippen LogP contribution is 2.37. The molecule has 3 aromatic rings. The summed E-state index contributed by atoms with van der Waals surface area (Å²) >= 11 is 5.85. The van der Waals surface area contributed by atoms with Gasteiger partial charge in [-0.3, -0.25) is 9.88 Å². The molecule has 1 fully saturated rings. The standard InChI is InChI=1S/C22H24ClN3O4/c1-27-20-13-17-18(14-21(20)29-10-2-7-26-8-11-28-12-9-26)24-6-5-19(17)30-16-3-4-22(23)25-15-16/h3-6,13-15H,2,7-12H2,1H3. The summed E-state index contributed by atoms with van der Waals surface area (Å²) in [6.07, 6.45) is 4.22. The molecule has 1 aromatic carbocycles. The van der Waals surface area contributed by atoms with Crippen molar-refractivity contribution in [3.63, 3.8) is 0 Å². The van der Waals surface area contributed by atoms with Gasteiger partial charge in [-0.2, -0.15) is 0 Å². The van der Waals surface area contributed by atoms with Crippen molar-refractivity contribution in [2.75, 3.05) is 46.6 Å². The third kappa shape index (κ3) is 5.11. The average molecular weight is 430 g/mol. The Morgan fingerprint density at radius 1 is 1.07 bits per heavy atom. The zero-order valence-electron chi connectivity index (χ0n) is 16.8. The van der Waals surface area contributed by atoms with Gasteiger partial charge in [0.05, 0.1) is 38.6 Å². The van der Waals surface area contributed by atoms with Crippen LogP contribution in [-0.2, 0) is 4.74 Å². The molecule has 0 amide bonds. The van der Waals surface area contributed by atoms with Crippen molar-refractivity contribution in [1.29, 1.82) is 0 Å². The smallest absolute Gasteiger partial charge is 0.163 e. The van der Waals surface area contributed by atoms with Crippen molar-refractivity contribution in [3.05, 3.63) is 47.9 Å². The number of pyridine rings is 2. The van der Waals surface area contributed by atoms with Gasteiger partial charge in [0.15, 0.2) is 11.5 Å². The summed E-state index contributed by atoms with van der Waals surface area (Å²) in [4.78, 5) is 10.9. The van der Waals surface area contributed by atoms with Crippen LogP contribution in [0.25, 0.3) is 10.9 Å². The maximum Gasteiger partial charge on any atom is 0.163 e. The zero-order chi connectivity index (χ0) is 20.8. The second-order valence-electron chi connectivity index (χ2n) is 6.90. The first kappa shape index (κ1) is 20.7. The van der Waals surface area contributed by atoms with Crippen molar-refractivity contribution in [1.82, 2.24) is 14.9 Å². The van der Waals surface area contributed by atoms with Gasteiger partial charge < -0.3 is 18.9 Å². The van der Waals surface area contributed by atoms with Gasteiger partial charge in [0.1, 0.15) is 16.7 Å². The van der Waals surface area contributed by atoms with E-state index in [2.05, 4.69) is 14.9 Å². The second kappa shape index (κ2) is 9.93. The fourth-order valence-corrected chi connectivity index (χ4v) is 3.45. The number of aromatic nitrogens is 2. The molecule has 0 N–H and O–H groups in total. The highest BCUT2D eigenvalue weighted by Gasteiger charge is 2.13. The van der Waals surface area contributed by atoms with Gasteiger partial charge in [-0.15, -0.1) is 0 Å². The number of methoxy groups -OCH3 is 1. The van der Waals surface area contributed by atoms with E-state index in [1.165, 1.54) is 0 Å². The topological polar surface area (TPSA) is 65.9 Å². The number of hydrogen-bond acceptors (Lipinski definition) is 7. The fourth-order valence-electron chi connectivity index (χ4n) is 3.33. The van der Waals surface area contributed by atoms with E-state index in [4.69, 9.17) is 30.5 Å². The summed E-state index contributed by atoms with van der Waals surface area (Å²) in [5.74, 6) is 2.56. The second-order valence-corrected chi connectivity index (χ2v) is 7.29. The van der Waals surface area contributed by atoms with Crippen molar-refractivity contribution in [2.24, 2.45) is 0 Å². The Morgan fingerprint density at radius 3 is 2.70 bits per heavy atom. The van der Waals surface area contributed by atoms with Crippen LogP contribution in [0.5, 0.6) is 23.0 Å². The van der Waals surface area contributed by atoms with Crippen LogP contribution >= 0.6 is 11.6 Å². The van der Waals surface area contributed by atoms with Crippen molar-refractivity contribution in [2.45, 2.75) is 6.42 Å². The molecule has 1 aliphatic rings. The van der Waals surface area contributed by atoms with E-state index in [0.29, 0.717) is 34.8 Å². The molecule has 7 nitrogen and oxygen atoms in total. The van der Waals surface area contributed by atoms with Gasteiger partial charge in [0.25, 0.3) is 0 Å². The molecular formula is C22H24ClN3O4. The lowest BCUT2D eigenvalue weighted by atomic mass is 10.2. The summed E-state index contributed by atoms with van der Waals surface area (Å²) in [6.45, 7) is 5.17. The summed E-state index contributed by atoms with van der Waals surface area (Å²) < 4.78 is 22.9. The molecule has 8 heteroatoms. The van der Waals surface area contributed by atoms with Crippen molar-refractivity contribution >= 4 is 22.5 Å². The van der Waals surface area contributed by atoms with E-state index >= 15 is 0 Å². The van der Waals surface area contributed by atoms with Crippen LogP contribution in [0.3, 0.4) is 0 Å². The number of nitrogens with zero attached hydrogens (tertiary/aromatic N) is 3. The first-order valence-electron chi connectivity index (χ1n) is 9.92. The van der Waals surface area contributed by atoms with Gasteiger partial charge in [0.2, 0.25) is 0 Å². The van der Waals surface area contributed by atoms with Gasteiger partial charge >= 0.3 is 0 Å². The first-order chi connectivity index (χ1) is 14.7. The lowest BCUT2D eigenvalue weighted by molar-refractivity contribution is 0.0357. The predicted octanol–water partition coefficient (Wildman–Crippen LogP) is 4.19. The highest BCUT2D eigenvalue weighted by atomic mass is 35.5. The van der Waals surface area contributed by atoms with Gasteiger partial charge in [-0.1, -0.05) is 11.6 Å². The molecule has 3 heterocycles. The maximum atomic E-state index is 6.01. The third-order valence-corrected chi connectivity index (χ3v) is 5.12. The Balaban J connectivity index is 1.47. The van der Waals surface area contributed by atoms with Crippen LogP contribution in [0.2, 0.25) is 5.15 Å². The van der Waals surface area contributed by atoms with Crippen LogP contribution in [0.15, 0.2) is 42.7 Å². The van der Waals surface area contributed by atoms with Crippen molar-refractivity contribution in [3.8, 4) is 23.0 Å². The minimum Gasteiger partial charge on any atom is -0.493 e. The minimum absolute atomic E-state index is 0.416. The third-order valence-electron chi connectivity index (χ3n) is 4.89. The summed E-state index contributed by atoms with van der Waals surface area (Å²) in [5.41, 5.74) is 0.762. The summed E-state index contributed by atoms with van der Waals surface area (Å²) in [7, 11) is 1.63. The van der Waals surface area contributed by atoms with E-state index < -0.39 is 0 Å². The number of morpholine rings is 1. The number of ether oxygens (including phenoxy) is 4. The Kier molecular flexibility index (Phi) is 6.84. The molecule has 158 valence electrons. The lowest BCUT2D eigenvalue weighted by Gasteiger charge is -2.26. The van der Waals surface area contributed by atoms with Crippen LogP contribution in [0, 0.1) is 0 Å². The lowest BCUT2D eigenvalue weighted by Crippen LogP contribution is -2.37. The molecule has 1 aliphatic heterocycles. The number of rotatable bonds is 8. The Morgan fingerprint density at radius 2 is 1.93 bits per heavy atom. The Labute approximate surface area is 180 Å². The Bertz CT molecular complexity index is 978. The molecule has 0 unspecified atom stereocenters. The molecule has 0 bridgehead atoms. The van der Waals surface area contributed by atoms with Crippen LogP contribution in [-0.4, -0.2) is 61.4 Å². The summed E-state index contributed by atoms with van der Waals surface area (Å²) in [5, 5.41) is 1.24. The van der Waals surface area contributed by atoms with Gasteiger partial charge in [0, 0.05) is 37.3 Å². The average Bonchev–Trinajstić information content (AvgIpc) is 2.78. The van der Waals surface area contributed by atoms with Crippen molar-refractivity contribution < 1.29 is 18.9 Å². The maximum absolute atomic E-state index is 6.01. The monoisotopic (exact) mass is 429 g/mol. The van der Waals surface area contributed by atoms with Crippen LogP contribution in [0.4, 0.5) is 0 Å². The van der Waals surface area contributed by atoms with E-state index in [0.717, 1.165) is 50.2 Å². The number of halogens is 1. The molecule has 0 atom stereocenters. The number of hydrogen-bond donors (Lipinski definition) is 0. The number of benzene rings is 1. The molecule has 0 spiro atoms. The van der Waals surface area contributed by atoms with E-state index in [1.54, 1.807) is 37.7 Å². The predicted molar refractivity (Wildman–Crippen MR) is 115 cm³/mol. The molecule has 30 heavy (non-hydrogen) atoms. The normalized spacial score (nSPS) is 14.6. The zero-order valence-corrected chi connectivity index (χ0v) is 17.6. The van der Waals surface area contributed by atoms with E-state index in [9.17, 15) is 0 Å². The van der Waals surface area contributed by atoms with Gasteiger partial charge in [-0.25, -0.2) is 4.98 Å². The quantitative estimate of drug-likeness (QED) is 0.393. The largest absolute Gasteiger partial charge is 0.493 e. The molecule has 4 rings (SSSR count). The highest BCUT2D eigenvalue weighted by molar-refractivity contribution is 6.29. The first-order valence-corrected chi connectivity index (χ1v) is 10.3. The SMILES string of the molecule is COc1cc2c(Oc3ccc(Cl)nc3)ccnc2cc1OCCCN1CCOCC1. The minimum atomic E-state index is 0.416. The van der Waals surface area contributed by atoms with E-state index in [1.807, 2.05) is 12.1 Å². The van der Waals surface area contributed by atoms with E-state index in [-0.39, 0.29) is 0 Å². The summed E-state index contributed by atoms with van der Waals surface area (Å²) in [6, 6.07) is 9.03. The molecule has 1 saturated heterocycles. The Hall–Kier alpha value is -2.61. The molecule has 0 radical (unpaired) electrons. The fraction of sp³-hybridized carbons (Fsp3) is 0.364.